The van der Waals surface area contributed by atoms with Crippen LogP contribution in [0.5, 0.6) is 0 Å². The molecular formula is C12H16N2O. The van der Waals surface area contributed by atoms with Gasteiger partial charge < -0.3 is 10.2 Å². The number of hydrogen-bond acceptors (Lipinski definition) is 2. The van der Waals surface area contributed by atoms with Gasteiger partial charge in [0.1, 0.15) is 0 Å². The molecule has 1 heterocycles. The summed E-state index contributed by atoms with van der Waals surface area (Å²) in [5.74, 6) is 0.169. The first-order valence-electron chi connectivity index (χ1n) is 5.32. The van der Waals surface area contributed by atoms with Crippen LogP contribution in [0.1, 0.15) is 6.42 Å². The highest BCUT2D eigenvalue weighted by Crippen LogP contribution is 2.18. The molecule has 0 unspecified atom stereocenters. The lowest BCUT2D eigenvalue weighted by Gasteiger charge is -2.28. The molecule has 15 heavy (non-hydrogen) atoms. The third kappa shape index (κ3) is 2.36. The van der Waals surface area contributed by atoms with Crippen molar-refractivity contribution in [2.24, 2.45) is 0 Å². The van der Waals surface area contributed by atoms with Gasteiger partial charge >= 0.3 is 0 Å². The zero-order valence-corrected chi connectivity index (χ0v) is 8.83. The van der Waals surface area contributed by atoms with Gasteiger partial charge in [-0.15, -0.1) is 0 Å². The molecule has 1 aliphatic carbocycles. The van der Waals surface area contributed by atoms with E-state index in [0.29, 0.717) is 6.42 Å². The summed E-state index contributed by atoms with van der Waals surface area (Å²) in [6, 6.07) is 0. The summed E-state index contributed by atoms with van der Waals surface area (Å²) < 4.78 is 0. The van der Waals surface area contributed by atoms with E-state index in [4.69, 9.17) is 0 Å². The van der Waals surface area contributed by atoms with Gasteiger partial charge in [0, 0.05) is 38.2 Å². The highest BCUT2D eigenvalue weighted by Gasteiger charge is 2.20. The average molecular weight is 204 g/mol. The van der Waals surface area contributed by atoms with Crippen LogP contribution in [0.15, 0.2) is 36.0 Å². The molecule has 0 bridgehead atoms. The maximum absolute atomic E-state index is 12.1. The van der Waals surface area contributed by atoms with Crippen LogP contribution in [0.3, 0.4) is 0 Å². The molecule has 1 aliphatic heterocycles. The lowest BCUT2D eigenvalue weighted by Crippen LogP contribution is -2.47. The molecule has 80 valence electrons. The number of amides is 1. The summed E-state index contributed by atoms with van der Waals surface area (Å²) in [5, 5.41) is 3.24. The smallest absolute Gasteiger partial charge is 0.250 e. The van der Waals surface area contributed by atoms with Gasteiger partial charge in [0.15, 0.2) is 0 Å². The van der Waals surface area contributed by atoms with Crippen molar-refractivity contribution >= 4 is 5.91 Å². The Bertz CT molecular complexity index is 336. The van der Waals surface area contributed by atoms with Crippen LogP contribution in [0.2, 0.25) is 0 Å². The minimum absolute atomic E-state index is 0.169. The molecule has 1 saturated heterocycles. The maximum Gasteiger partial charge on any atom is 0.250 e. The number of rotatable bonds is 1. The minimum Gasteiger partial charge on any atom is -0.336 e. The van der Waals surface area contributed by atoms with Gasteiger partial charge in [0.05, 0.1) is 0 Å². The van der Waals surface area contributed by atoms with Crippen molar-refractivity contribution in [2.75, 3.05) is 26.2 Å². The molecular weight excluding hydrogens is 188 g/mol. The Balaban J connectivity index is 2.03. The quantitative estimate of drug-likeness (QED) is 0.687. The molecule has 0 atom stereocenters. The van der Waals surface area contributed by atoms with E-state index in [2.05, 4.69) is 11.9 Å². The van der Waals surface area contributed by atoms with E-state index in [0.717, 1.165) is 37.3 Å². The van der Waals surface area contributed by atoms with E-state index < -0.39 is 0 Å². The first kappa shape index (κ1) is 10.2. The molecule has 3 nitrogen and oxygen atoms in total. The van der Waals surface area contributed by atoms with Crippen molar-refractivity contribution in [1.29, 1.82) is 0 Å². The maximum atomic E-state index is 12.1. The summed E-state index contributed by atoms with van der Waals surface area (Å²) in [6.45, 7) is 7.30. The van der Waals surface area contributed by atoms with E-state index in [1.165, 1.54) is 0 Å². The van der Waals surface area contributed by atoms with Gasteiger partial charge in [-0.3, -0.25) is 4.79 Å². The van der Waals surface area contributed by atoms with Crippen molar-refractivity contribution in [3.63, 3.8) is 0 Å². The zero-order valence-electron chi connectivity index (χ0n) is 8.83. The van der Waals surface area contributed by atoms with E-state index in [1.54, 1.807) is 0 Å². The number of allylic oxidation sites excluding steroid dienone is 4. The normalized spacial score (nSPS) is 21.5. The number of nitrogens with zero attached hydrogens (tertiary/aromatic N) is 1. The third-order valence-electron chi connectivity index (χ3n) is 2.73. The van der Waals surface area contributed by atoms with Gasteiger partial charge in [-0.2, -0.15) is 0 Å². The summed E-state index contributed by atoms with van der Waals surface area (Å²) in [4.78, 5) is 14.0. The number of carbonyl (C=O) groups is 1. The molecule has 1 fully saturated rings. The molecule has 0 aromatic rings. The van der Waals surface area contributed by atoms with Gasteiger partial charge in [-0.25, -0.2) is 0 Å². The van der Waals surface area contributed by atoms with Gasteiger partial charge in [-0.05, 0) is 0 Å². The first-order valence-corrected chi connectivity index (χ1v) is 5.32. The van der Waals surface area contributed by atoms with Crippen molar-refractivity contribution in [3.05, 3.63) is 36.0 Å². The van der Waals surface area contributed by atoms with Gasteiger partial charge in [0.25, 0.3) is 0 Å². The molecule has 2 rings (SSSR count). The Morgan fingerprint density at radius 3 is 2.80 bits per heavy atom. The van der Waals surface area contributed by atoms with Crippen LogP contribution in [0, 0.1) is 0 Å². The Morgan fingerprint density at radius 2 is 2.13 bits per heavy atom. The number of nitrogens with one attached hydrogen (secondary N) is 1. The number of piperazine rings is 1. The summed E-state index contributed by atoms with van der Waals surface area (Å²) >= 11 is 0. The second-order valence-corrected chi connectivity index (χ2v) is 3.93. The van der Waals surface area contributed by atoms with Crippen LogP contribution in [0.25, 0.3) is 0 Å². The lowest BCUT2D eigenvalue weighted by molar-refractivity contribution is -0.127. The molecule has 3 heteroatoms. The summed E-state index contributed by atoms with van der Waals surface area (Å²) in [6.07, 6.45) is 6.45. The lowest BCUT2D eigenvalue weighted by atomic mass is 10.00. The van der Waals surface area contributed by atoms with Crippen LogP contribution in [-0.2, 0) is 4.79 Å². The molecule has 0 saturated carbocycles. The van der Waals surface area contributed by atoms with Gasteiger partial charge in [0.2, 0.25) is 5.91 Å². The van der Waals surface area contributed by atoms with E-state index in [1.807, 2.05) is 23.1 Å². The number of hydrogen-bond donors (Lipinski definition) is 1. The molecule has 1 amide bonds. The average Bonchev–Trinajstić information content (AvgIpc) is 2.29. The third-order valence-corrected chi connectivity index (χ3v) is 2.73. The SMILES string of the molecule is C=C1C=CC=C(C(=O)N2CCNCC2)C1. The van der Waals surface area contributed by atoms with Crippen molar-refractivity contribution in [3.8, 4) is 0 Å². The molecule has 1 N–H and O–H groups in total. The summed E-state index contributed by atoms with van der Waals surface area (Å²) in [5.41, 5.74) is 1.88. The fourth-order valence-electron chi connectivity index (χ4n) is 1.88. The van der Waals surface area contributed by atoms with E-state index in [9.17, 15) is 4.79 Å². The first-order chi connectivity index (χ1) is 7.27. The second kappa shape index (κ2) is 4.45. The fourth-order valence-corrected chi connectivity index (χ4v) is 1.88. The van der Waals surface area contributed by atoms with Crippen molar-refractivity contribution < 1.29 is 4.79 Å². The molecule has 0 aromatic carbocycles. The second-order valence-electron chi connectivity index (χ2n) is 3.93. The predicted octanol–water partition coefficient (Wildman–Crippen LogP) is 0.861. The summed E-state index contributed by atoms with van der Waals surface area (Å²) in [7, 11) is 0. The van der Waals surface area contributed by atoms with Crippen LogP contribution < -0.4 is 5.32 Å². The Morgan fingerprint density at radius 1 is 1.40 bits per heavy atom. The van der Waals surface area contributed by atoms with Crippen molar-refractivity contribution in [2.45, 2.75) is 6.42 Å². The highest BCUT2D eigenvalue weighted by atomic mass is 16.2. The highest BCUT2D eigenvalue weighted by molar-refractivity contribution is 5.94. The largest absolute Gasteiger partial charge is 0.336 e. The topological polar surface area (TPSA) is 32.3 Å². The monoisotopic (exact) mass is 204 g/mol. The Kier molecular flexibility index (Phi) is 3.02. The minimum atomic E-state index is 0.169. The van der Waals surface area contributed by atoms with Crippen LogP contribution in [0.4, 0.5) is 0 Å². The van der Waals surface area contributed by atoms with E-state index in [-0.39, 0.29) is 5.91 Å². The van der Waals surface area contributed by atoms with Crippen molar-refractivity contribution in [1.82, 2.24) is 10.2 Å². The fraction of sp³-hybridized carbons (Fsp3) is 0.417. The van der Waals surface area contributed by atoms with Crippen LogP contribution in [-0.4, -0.2) is 37.0 Å². The molecule has 0 aromatic heterocycles. The zero-order chi connectivity index (χ0) is 10.7. The van der Waals surface area contributed by atoms with E-state index >= 15 is 0 Å². The Hall–Kier alpha value is -1.35. The molecule has 0 radical (unpaired) electrons. The van der Waals surface area contributed by atoms with Gasteiger partial charge in [-0.1, -0.05) is 30.4 Å². The Labute approximate surface area is 90.1 Å². The molecule has 0 spiro atoms. The predicted molar refractivity (Wildman–Crippen MR) is 60.4 cm³/mol. The molecule has 2 aliphatic rings. The standard InChI is InChI=1S/C12H16N2O/c1-10-3-2-4-11(9-10)12(15)14-7-5-13-6-8-14/h2-4,13H,1,5-9H2. The number of carbonyl (C=O) groups excluding carboxylic acids is 1. The van der Waals surface area contributed by atoms with Crippen LogP contribution >= 0.6 is 0 Å².